The van der Waals surface area contributed by atoms with Crippen molar-refractivity contribution in [1.29, 1.82) is 0 Å². The molecule has 0 radical (unpaired) electrons. The van der Waals surface area contributed by atoms with Gasteiger partial charge in [0, 0.05) is 33.3 Å². The zero-order valence-corrected chi connectivity index (χ0v) is 23.9. The van der Waals surface area contributed by atoms with Crippen LogP contribution in [0.4, 0.5) is 11.4 Å². The van der Waals surface area contributed by atoms with E-state index >= 15 is 0 Å². The molecule has 0 saturated heterocycles. The number of ketones is 1. The molecule has 5 aromatic rings. The maximum atomic E-state index is 14.2. The topological polar surface area (TPSA) is 71.4 Å². The van der Waals surface area contributed by atoms with Crippen molar-refractivity contribution in [3.8, 4) is 33.9 Å². The Balaban J connectivity index is 1.53. The average molecular weight is 571 g/mol. The molecule has 5 nitrogen and oxygen atoms in total. The van der Waals surface area contributed by atoms with Gasteiger partial charge >= 0.3 is 0 Å². The highest BCUT2D eigenvalue weighted by atomic mass is 35.5. The van der Waals surface area contributed by atoms with Gasteiger partial charge in [0.25, 0.3) is 0 Å². The Morgan fingerprint density at radius 1 is 0.952 bits per heavy atom. The van der Waals surface area contributed by atoms with Crippen molar-refractivity contribution in [3.05, 3.63) is 125 Å². The van der Waals surface area contributed by atoms with Crippen LogP contribution in [0.3, 0.4) is 0 Å². The zero-order chi connectivity index (χ0) is 29.0. The Morgan fingerprint density at radius 3 is 2.48 bits per heavy atom. The summed E-state index contributed by atoms with van der Waals surface area (Å²) >= 11 is 6.15. The summed E-state index contributed by atoms with van der Waals surface area (Å²) in [5.74, 6) is 1.60. The number of halogens is 1. The number of carbonyl (C=O) groups excluding carboxylic acids is 1. The van der Waals surface area contributed by atoms with Crippen LogP contribution in [-0.4, -0.2) is 15.9 Å². The van der Waals surface area contributed by atoms with E-state index in [-0.39, 0.29) is 11.5 Å². The predicted molar refractivity (Wildman–Crippen MR) is 169 cm³/mol. The first kappa shape index (κ1) is 26.1. The summed E-state index contributed by atoms with van der Waals surface area (Å²) < 4.78 is 6.53. The highest BCUT2D eigenvalue weighted by Crippen LogP contribution is 2.48. The molecule has 2 N–H and O–H groups in total. The molecule has 1 atom stereocenters. The number of aromatic hydroxyl groups is 1. The molecule has 0 aliphatic heterocycles. The third-order valence-corrected chi connectivity index (χ3v) is 8.05. The van der Waals surface area contributed by atoms with E-state index < -0.39 is 0 Å². The molecule has 2 aliphatic rings. The third-order valence-electron chi connectivity index (χ3n) is 7.81. The molecule has 1 aromatic heterocycles. The lowest BCUT2D eigenvalue weighted by Gasteiger charge is -2.25. The van der Waals surface area contributed by atoms with Crippen LogP contribution in [0.15, 0.2) is 103 Å². The number of nitrogens with one attached hydrogen (secondary N) is 1. The molecule has 0 fully saturated rings. The fraction of sp³-hybridized carbons (Fsp3) is 0.111. The van der Waals surface area contributed by atoms with Crippen molar-refractivity contribution in [2.24, 2.45) is 5.92 Å². The first-order valence-electron chi connectivity index (χ1n) is 13.9. The molecule has 7 rings (SSSR count). The second kappa shape index (κ2) is 10.2. The normalized spacial score (nSPS) is 15.4. The van der Waals surface area contributed by atoms with Crippen LogP contribution in [0.5, 0.6) is 11.5 Å². The Bertz CT molecular complexity index is 1980. The van der Waals surface area contributed by atoms with Gasteiger partial charge in [0.05, 0.1) is 16.9 Å². The third kappa shape index (κ3) is 4.52. The number of ether oxygens (including phenoxy) is 1. The summed E-state index contributed by atoms with van der Waals surface area (Å²) in [6, 6.07) is 24.4. The Kier molecular flexibility index (Phi) is 6.33. The van der Waals surface area contributed by atoms with Crippen molar-refractivity contribution in [2.45, 2.75) is 20.3 Å². The largest absolute Gasteiger partial charge is 0.507 e. The van der Waals surface area contributed by atoms with E-state index in [0.29, 0.717) is 55.7 Å². The fourth-order valence-electron chi connectivity index (χ4n) is 5.62. The monoisotopic (exact) mass is 570 g/mol. The molecule has 0 saturated carbocycles. The summed E-state index contributed by atoms with van der Waals surface area (Å²) in [5.41, 5.74) is 7.05. The maximum absolute atomic E-state index is 14.2. The number of hydrogen-bond donors (Lipinski definition) is 2. The lowest BCUT2D eigenvalue weighted by molar-refractivity contribution is 0.104. The predicted octanol–water partition coefficient (Wildman–Crippen LogP) is 9.38. The second-order valence-corrected chi connectivity index (χ2v) is 11.3. The molecule has 206 valence electrons. The summed E-state index contributed by atoms with van der Waals surface area (Å²) in [6.07, 6.45) is 7.03. The average Bonchev–Trinajstić information content (AvgIpc) is 2.99. The number of benzene rings is 4. The Hall–Kier alpha value is -4.87. The molecule has 1 heterocycles. The number of nitrogens with zero attached hydrogens (tertiary/aromatic N) is 1. The smallest absolute Gasteiger partial charge is 0.196 e. The first-order chi connectivity index (χ1) is 20.4. The molecular weight excluding hydrogens is 544 g/mol. The van der Waals surface area contributed by atoms with Gasteiger partial charge in [0.1, 0.15) is 17.0 Å². The minimum absolute atomic E-state index is 0.0222. The van der Waals surface area contributed by atoms with Crippen LogP contribution in [0.1, 0.15) is 34.8 Å². The highest BCUT2D eigenvalue weighted by molar-refractivity contribution is 6.31. The quantitative estimate of drug-likeness (QED) is 0.216. The lowest BCUT2D eigenvalue weighted by atomic mass is 9.82. The minimum atomic E-state index is -0.0845. The van der Waals surface area contributed by atoms with Gasteiger partial charge in [-0.3, -0.25) is 4.79 Å². The summed E-state index contributed by atoms with van der Waals surface area (Å²) in [5, 5.41) is 15.5. The van der Waals surface area contributed by atoms with E-state index in [1.165, 1.54) is 6.07 Å². The van der Waals surface area contributed by atoms with Crippen molar-refractivity contribution in [1.82, 2.24) is 4.98 Å². The van der Waals surface area contributed by atoms with Crippen molar-refractivity contribution >= 4 is 39.7 Å². The zero-order valence-electron chi connectivity index (χ0n) is 23.1. The number of rotatable bonds is 5. The van der Waals surface area contributed by atoms with E-state index in [1.54, 1.807) is 12.1 Å². The van der Waals surface area contributed by atoms with Crippen LogP contribution in [0.25, 0.3) is 33.3 Å². The lowest BCUT2D eigenvalue weighted by Crippen LogP contribution is -2.14. The number of anilines is 2. The molecule has 6 heteroatoms. The van der Waals surface area contributed by atoms with E-state index in [9.17, 15) is 9.90 Å². The van der Waals surface area contributed by atoms with Gasteiger partial charge in [-0.2, -0.15) is 0 Å². The number of allylic oxidation sites excluding steroid dienone is 3. The molecule has 0 bridgehead atoms. The summed E-state index contributed by atoms with van der Waals surface area (Å²) in [4.78, 5) is 19.2. The van der Waals surface area contributed by atoms with Gasteiger partial charge in [-0.25, -0.2) is 4.98 Å². The van der Waals surface area contributed by atoms with Crippen LogP contribution in [0, 0.1) is 12.8 Å². The number of hydrogen-bond acceptors (Lipinski definition) is 5. The number of pyridine rings is 1. The fourth-order valence-corrected chi connectivity index (χ4v) is 5.79. The van der Waals surface area contributed by atoms with Gasteiger partial charge in [-0.15, -0.1) is 0 Å². The summed E-state index contributed by atoms with van der Waals surface area (Å²) in [6.45, 7) is 4.20. The van der Waals surface area contributed by atoms with Crippen molar-refractivity contribution in [2.75, 3.05) is 5.32 Å². The van der Waals surface area contributed by atoms with Crippen LogP contribution in [0.2, 0.25) is 5.02 Å². The highest BCUT2D eigenvalue weighted by Gasteiger charge is 2.31. The molecule has 4 aromatic carbocycles. The van der Waals surface area contributed by atoms with Gasteiger partial charge < -0.3 is 15.2 Å². The molecular formula is C36H27ClN2O3. The van der Waals surface area contributed by atoms with Crippen LogP contribution < -0.4 is 10.1 Å². The van der Waals surface area contributed by atoms with Crippen molar-refractivity contribution in [3.63, 3.8) is 0 Å². The molecule has 0 spiro atoms. The Labute approximate surface area is 248 Å². The molecule has 0 amide bonds. The van der Waals surface area contributed by atoms with Crippen molar-refractivity contribution < 1.29 is 14.6 Å². The van der Waals surface area contributed by atoms with E-state index in [4.69, 9.17) is 21.3 Å². The number of carbonyl (C=O) groups is 1. The van der Waals surface area contributed by atoms with Gasteiger partial charge in [-0.05, 0) is 78.9 Å². The number of fused-ring (bicyclic) bond motifs is 2. The second-order valence-electron chi connectivity index (χ2n) is 10.9. The van der Waals surface area contributed by atoms with Gasteiger partial charge in [0.15, 0.2) is 11.5 Å². The van der Waals surface area contributed by atoms with E-state index in [1.807, 2.05) is 73.7 Å². The van der Waals surface area contributed by atoms with Crippen LogP contribution in [-0.2, 0) is 0 Å². The van der Waals surface area contributed by atoms with Crippen LogP contribution >= 0.6 is 11.6 Å². The number of aromatic nitrogens is 1. The SMILES string of the molecule is Cc1ccc(Nc2cc(OC3=CCC(C)C=C3)c3nc(-c4ccc(Cl)cc4O)cc4c3c2C(=O)c2ccccc2-4)cc1. The molecule has 2 aliphatic carbocycles. The minimum Gasteiger partial charge on any atom is -0.507 e. The number of phenols is 1. The Morgan fingerprint density at radius 2 is 1.74 bits per heavy atom. The standard InChI is InChI=1S/C36H27ClN2O3/c1-20-7-12-23(13-8-20)38-30-19-32(42-24-14-9-21(2)10-15-24)35-33-28(25-5-3-4-6-26(25)36(41)34(30)33)18-29(39-35)27-16-11-22(37)17-31(27)40/h3-9,11-19,21,38,40H,10H2,1-2H3. The summed E-state index contributed by atoms with van der Waals surface area (Å²) in [7, 11) is 0. The van der Waals surface area contributed by atoms with E-state index in [2.05, 4.69) is 24.4 Å². The number of aryl methyl sites for hydroxylation is 1. The first-order valence-corrected chi connectivity index (χ1v) is 14.3. The van der Waals surface area contributed by atoms with E-state index in [0.717, 1.165) is 34.6 Å². The maximum Gasteiger partial charge on any atom is 0.196 e. The van der Waals surface area contributed by atoms with Gasteiger partial charge in [0.2, 0.25) is 0 Å². The van der Waals surface area contributed by atoms with Gasteiger partial charge in [-0.1, -0.05) is 66.6 Å². The number of phenolic OH excluding ortho intramolecular Hbond substituents is 1. The molecule has 42 heavy (non-hydrogen) atoms. The molecule has 1 unspecified atom stereocenters.